The van der Waals surface area contributed by atoms with Gasteiger partial charge in [0.15, 0.2) is 0 Å². The molecular weight excluding hydrogens is 252 g/mol. The van der Waals surface area contributed by atoms with Crippen molar-refractivity contribution >= 4 is 17.5 Å². The van der Waals surface area contributed by atoms with Gasteiger partial charge in [0.05, 0.1) is 0 Å². The molecule has 1 rings (SSSR count). The Morgan fingerprint density at radius 1 is 1.05 bits per heavy atom. The lowest BCUT2D eigenvalue weighted by Crippen LogP contribution is -2.33. The van der Waals surface area contributed by atoms with Crippen molar-refractivity contribution in [2.24, 2.45) is 0 Å². The SMILES string of the molecule is CC(C)NC(=O)CC(=O)Nc1ccc(C(C)(C)C)cc1. The van der Waals surface area contributed by atoms with Crippen LogP contribution in [0.2, 0.25) is 0 Å². The van der Waals surface area contributed by atoms with Crippen molar-refractivity contribution in [2.75, 3.05) is 5.32 Å². The molecule has 0 aliphatic carbocycles. The van der Waals surface area contributed by atoms with Gasteiger partial charge in [0.1, 0.15) is 6.42 Å². The second-order valence-electron chi connectivity index (χ2n) is 6.27. The summed E-state index contributed by atoms with van der Waals surface area (Å²) in [6, 6.07) is 7.74. The van der Waals surface area contributed by atoms with Gasteiger partial charge in [0.25, 0.3) is 0 Å². The fourth-order valence-electron chi connectivity index (χ4n) is 1.78. The Bertz CT molecular complexity index is 470. The zero-order valence-corrected chi connectivity index (χ0v) is 12.9. The standard InChI is InChI=1S/C16H24N2O2/c1-11(2)17-14(19)10-15(20)18-13-8-6-12(7-9-13)16(3,4)5/h6-9,11H,10H2,1-5H3,(H,17,19)(H,18,20). The van der Waals surface area contributed by atoms with Crippen molar-refractivity contribution < 1.29 is 9.59 Å². The topological polar surface area (TPSA) is 58.2 Å². The molecule has 110 valence electrons. The fraction of sp³-hybridized carbons (Fsp3) is 0.500. The van der Waals surface area contributed by atoms with Gasteiger partial charge in [-0.3, -0.25) is 9.59 Å². The average Bonchev–Trinajstić information content (AvgIpc) is 2.26. The molecular formula is C16H24N2O2. The van der Waals surface area contributed by atoms with Crippen LogP contribution in [0.1, 0.15) is 46.6 Å². The number of hydrogen-bond acceptors (Lipinski definition) is 2. The lowest BCUT2D eigenvalue weighted by Gasteiger charge is -2.19. The van der Waals surface area contributed by atoms with Crippen LogP contribution in [0.3, 0.4) is 0 Å². The molecule has 0 saturated heterocycles. The third-order valence-corrected chi connectivity index (χ3v) is 2.81. The Morgan fingerprint density at radius 2 is 1.60 bits per heavy atom. The number of carbonyl (C=O) groups is 2. The van der Waals surface area contributed by atoms with E-state index in [9.17, 15) is 9.59 Å². The second kappa shape index (κ2) is 6.55. The fourth-order valence-corrected chi connectivity index (χ4v) is 1.78. The van der Waals surface area contributed by atoms with E-state index in [-0.39, 0.29) is 29.7 Å². The summed E-state index contributed by atoms with van der Waals surface area (Å²) < 4.78 is 0. The minimum absolute atomic E-state index is 0.0429. The van der Waals surface area contributed by atoms with Crippen molar-refractivity contribution in [3.63, 3.8) is 0 Å². The summed E-state index contributed by atoms with van der Waals surface area (Å²) in [6.45, 7) is 10.1. The summed E-state index contributed by atoms with van der Waals surface area (Å²) in [5.74, 6) is -0.560. The van der Waals surface area contributed by atoms with Crippen LogP contribution in [0.15, 0.2) is 24.3 Å². The number of rotatable bonds is 4. The van der Waals surface area contributed by atoms with Crippen LogP contribution in [-0.2, 0) is 15.0 Å². The summed E-state index contributed by atoms with van der Waals surface area (Å²) in [7, 11) is 0. The molecule has 4 heteroatoms. The van der Waals surface area contributed by atoms with E-state index >= 15 is 0 Å². The Labute approximate surface area is 121 Å². The monoisotopic (exact) mass is 276 g/mol. The van der Waals surface area contributed by atoms with Gasteiger partial charge in [0, 0.05) is 11.7 Å². The van der Waals surface area contributed by atoms with Gasteiger partial charge in [-0.1, -0.05) is 32.9 Å². The molecule has 0 saturated carbocycles. The molecule has 0 heterocycles. The molecule has 0 aliphatic heterocycles. The maximum absolute atomic E-state index is 11.7. The van der Waals surface area contributed by atoms with Crippen molar-refractivity contribution in [3.8, 4) is 0 Å². The molecule has 4 nitrogen and oxygen atoms in total. The highest BCUT2D eigenvalue weighted by Gasteiger charge is 2.14. The quantitative estimate of drug-likeness (QED) is 0.831. The molecule has 1 aromatic carbocycles. The third kappa shape index (κ3) is 5.43. The van der Waals surface area contributed by atoms with Crippen molar-refractivity contribution in [3.05, 3.63) is 29.8 Å². The van der Waals surface area contributed by atoms with Crippen molar-refractivity contribution in [1.29, 1.82) is 0 Å². The summed E-state index contributed by atoms with van der Waals surface area (Å²) in [4.78, 5) is 23.2. The van der Waals surface area contributed by atoms with Crippen LogP contribution >= 0.6 is 0 Å². The molecule has 0 aliphatic rings. The maximum atomic E-state index is 11.7. The first-order valence-corrected chi connectivity index (χ1v) is 6.88. The largest absolute Gasteiger partial charge is 0.353 e. The molecule has 0 atom stereocenters. The minimum atomic E-state index is -0.299. The first kappa shape index (κ1) is 16.2. The molecule has 0 radical (unpaired) electrons. The lowest BCUT2D eigenvalue weighted by molar-refractivity contribution is -0.127. The summed E-state index contributed by atoms with van der Waals surface area (Å²) in [6.07, 6.45) is -0.154. The van der Waals surface area contributed by atoms with Gasteiger partial charge < -0.3 is 10.6 Å². The summed E-state index contributed by atoms with van der Waals surface area (Å²) >= 11 is 0. The van der Waals surface area contributed by atoms with Crippen molar-refractivity contribution in [2.45, 2.75) is 52.5 Å². The van der Waals surface area contributed by atoms with Gasteiger partial charge >= 0.3 is 0 Å². The molecule has 0 bridgehead atoms. The number of nitrogens with one attached hydrogen (secondary N) is 2. The Balaban J connectivity index is 2.57. The van der Waals surface area contributed by atoms with Gasteiger partial charge in [-0.2, -0.15) is 0 Å². The van der Waals surface area contributed by atoms with E-state index in [0.29, 0.717) is 5.69 Å². The van der Waals surface area contributed by atoms with E-state index in [4.69, 9.17) is 0 Å². The maximum Gasteiger partial charge on any atom is 0.233 e. The molecule has 0 spiro atoms. The first-order valence-electron chi connectivity index (χ1n) is 6.88. The molecule has 0 unspecified atom stereocenters. The Kier molecular flexibility index (Phi) is 5.31. The predicted molar refractivity (Wildman–Crippen MR) is 81.7 cm³/mol. The average molecular weight is 276 g/mol. The zero-order valence-electron chi connectivity index (χ0n) is 12.9. The van der Waals surface area contributed by atoms with Crippen LogP contribution in [0.4, 0.5) is 5.69 Å². The van der Waals surface area contributed by atoms with E-state index in [0.717, 1.165) is 0 Å². The molecule has 2 N–H and O–H groups in total. The summed E-state index contributed by atoms with van der Waals surface area (Å²) in [5.41, 5.74) is 1.99. The smallest absolute Gasteiger partial charge is 0.233 e. The van der Waals surface area contributed by atoms with Crippen LogP contribution in [0.25, 0.3) is 0 Å². The van der Waals surface area contributed by atoms with E-state index in [1.165, 1.54) is 5.56 Å². The first-order chi connectivity index (χ1) is 9.18. The normalized spacial score (nSPS) is 11.3. The number of carbonyl (C=O) groups excluding carboxylic acids is 2. The van der Waals surface area contributed by atoms with E-state index in [1.54, 1.807) is 0 Å². The van der Waals surface area contributed by atoms with Crippen LogP contribution < -0.4 is 10.6 Å². The summed E-state index contributed by atoms with van der Waals surface area (Å²) in [5, 5.41) is 5.41. The molecule has 0 fully saturated rings. The lowest BCUT2D eigenvalue weighted by atomic mass is 9.87. The highest BCUT2D eigenvalue weighted by atomic mass is 16.2. The third-order valence-electron chi connectivity index (χ3n) is 2.81. The van der Waals surface area contributed by atoms with Gasteiger partial charge in [-0.25, -0.2) is 0 Å². The molecule has 1 aromatic rings. The number of benzene rings is 1. The number of anilines is 1. The highest BCUT2D eigenvalue weighted by molar-refractivity contribution is 6.03. The highest BCUT2D eigenvalue weighted by Crippen LogP contribution is 2.23. The predicted octanol–water partition coefficient (Wildman–Crippen LogP) is 2.84. The molecule has 0 aromatic heterocycles. The van der Waals surface area contributed by atoms with Crippen molar-refractivity contribution in [1.82, 2.24) is 5.32 Å². The van der Waals surface area contributed by atoms with Gasteiger partial charge in [0.2, 0.25) is 11.8 Å². The Morgan fingerprint density at radius 3 is 2.05 bits per heavy atom. The van der Waals surface area contributed by atoms with E-state index in [2.05, 4.69) is 31.4 Å². The van der Waals surface area contributed by atoms with Gasteiger partial charge in [-0.05, 0) is 37.0 Å². The van der Waals surface area contributed by atoms with Crippen LogP contribution in [-0.4, -0.2) is 17.9 Å². The van der Waals surface area contributed by atoms with Crippen LogP contribution in [0, 0.1) is 0 Å². The number of hydrogen-bond donors (Lipinski definition) is 2. The van der Waals surface area contributed by atoms with E-state index < -0.39 is 0 Å². The zero-order chi connectivity index (χ0) is 15.3. The molecule has 2 amide bonds. The van der Waals surface area contributed by atoms with Gasteiger partial charge in [-0.15, -0.1) is 0 Å². The van der Waals surface area contributed by atoms with Crippen LogP contribution in [0.5, 0.6) is 0 Å². The molecule has 20 heavy (non-hydrogen) atoms. The van der Waals surface area contributed by atoms with E-state index in [1.807, 2.05) is 38.1 Å². The second-order valence-corrected chi connectivity index (χ2v) is 6.27. The Hall–Kier alpha value is -1.84. The number of amides is 2. The minimum Gasteiger partial charge on any atom is -0.353 e.